The summed E-state index contributed by atoms with van der Waals surface area (Å²) >= 11 is 5.92. The Morgan fingerprint density at radius 2 is 2.03 bits per heavy atom. The van der Waals surface area contributed by atoms with Crippen molar-refractivity contribution in [3.05, 3.63) is 59.4 Å². The highest BCUT2D eigenvalue weighted by atomic mass is 35.5. The molecule has 7 nitrogen and oxygen atoms in total. The molecule has 10 heteroatoms. The van der Waals surface area contributed by atoms with Crippen molar-refractivity contribution in [1.82, 2.24) is 24.1 Å². The zero-order valence-corrected chi connectivity index (χ0v) is 15.8. The first kappa shape index (κ1) is 19.0. The van der Waals surface area contributed by atoms with Crippen molar-refractivity contribution in [1.29, 1.82) is 0 Å². The van der Waals surface area contributed by atoms with Crippen LogP contribution in [0.15, 0.2) is 42.9 Å². The molecule has 0 aliphatic carbocycles. The van der Waals surface area contributed by atoms with E-state index in [4.69, 9.17) is 17.3 Å². The number of alkyl halides is 1. The molecule has 0 unspecified atom stereocenters. The first-order chi connectivity index (χ1) is 14.0. The third kappa shape index (κ3) is 3.56. The van der Waals surface area contributed by atoms with Gasteiger partial charge in [0.15, 0.2) is 5.65 Å². The van der Waals surface area contributed by atoms with Gasteiger partial charge in [-0.3, -0.25) is 4.79 Å². The highest BCUT2D eigenvalue weighted by Crippen LogP contribution is 2.32. The van der Waals surface area contributed by atoms with Crippen LogP contribution in [0.1, 0.15) is 5.69 Å². The van der Waals surface area contributed by atoms with Gasteiger partial charge in [0.1, 0.15) is 18.2 Å². The Hall–Kier alpha value is -3.33. The second-order valence-electron chi connectivity index (χ2n) is 6.33. The Labute approximate surface area is 168 Å². The molecule has 4 aromatic rings. The van der Waals surface area contributed by atoms with E-state index in [-0.39, 0.29) is 18.0 Å². The predicted octanol–water partition coefficient (Wildman–Crippen LogP) is 3.05. The number of amides is 1. The average molecular weight is 417 g/mol. The molecule has 3 aromatic heterocycles. The van der Waals surface area contributed by atoms with Gasteiger partial charge in [0, 0.05) is 5.56 Å². The van der Waals surface area contributed by atoms with Gasteiger partial charge in [-0.15, -0.1) is 0 Å². The minimum absolute atomic E-state index is 0.0260. The predicted molar refractivity (Wildman–Crippen MR) is 103 cm³/mol. The molecule has 3 heterocycles. The molecule has 148 valence electrons. The Bertz CT molecular complexity index is 1220. The number of rotatable bonds is 6. The van der Waals surface area contributed by atoms with Gasteiger partial charge in [-0.25, -0.2) is 23.3 Å². The number of benzene rings is 1. The Kier molecular flexibility index (Phi) is 4.98. The molecule has 0 fully saturated rings. The summed E-state index contributed by atoms with van der Waals surface area (Å²) < 4.78 is 29.8. The van der Waals surface area contributed by atoms with Crippen molar-refractivity contribution < 1.29 is 13.6 Å². The van der Waals surface area contributed by atoms with Crippen LogP contribution in [-0.2, 0) is 17.8 Å². The number of nitrogens with two attached hydrogens (primary N) is 1. The van der Waals surface area contributed by atoms with Crippen LogP contribution in [0, 0.1) is 5.82 Å². The maximum atomic E-state index is 13.6. The molecular weight excluding hydrogens is 402 g/mol. The Morgan fingerprint density at radius 1 is 1.21 bits per heavy atom. The number of carbonyl (C=O) groups excluding carboxylic acids is 1. The summed E-state index contributed by atoms with van der Waals surface area (Å²) in [4.78, 5) is 19.9. The van der Waals surface area contributed by atoms with Crippen LogP contribution in [-0.4, -0.2) is 36.7 Å². The van der Waals surface area contributed by atoms with Crippen molar-refractivity contribution in [3.63, 3.8) is 0 Å². The van der Waals surface area contributed by atoms with Gasteiger partial charge < -0.3 is 10.3 Å². The molecule has 1 amide bonds. The highest BCUT2D eigenvalue weighted by molar-refractivity contribution is 6.31. The van der Waals surface area contributed by atoms with E-state index in [1.165, 1.54) is 29.2 Å². The van der Waals surface area contributed by atoms with Gasteiger partial charge in [0.25, 0.3) is 0 Å². The van der Waals surface area contributed by atoms with Crippen LogP contribution in [0.2, 0.25) is 5.02 Å². The fraction of sp³-hybridized carbons (Fsp3) is 0.158. The number of nitrogens with zero attached hydrogens (tertiary/aromatic N) is 5. The number of imidazole rings is 2. The molecule has 1 aromatic carbocycles. The summed E-state index contributed by atoms with van der Waals surface area (Å²) in [5, 5.41) is 4.51. The maximum Gasteiger partial charge on any atom is 0.223 e. The van der Waals surface area contributed by atoms with E-state index in [1.807, 2.05) is 0 Å². The van der Waals surface area contributed by atoms with E-state index in [0.29, 0.717) is 34.0 Å². The lowest BCUT2D eigenvalue weighted by atomic mass is 10.1. The summed E-state index contributed by atoms with van der Waals surface area (Å²) in [7, 11) is 0. The molecule has 2 N–H and O–H groups in total. The molecule has 0 aliphatic heterocycles. The van der Waals surface area contributed by atoms with Gasteiger partial charge in [-0.2, -0.15) is 5.10 Å². The van der Waals surface area contributed by atoms with E-state index in [2.05, 4.69) is 15.1 Å². The van der Waals surface area contributed by atoms with E-state index in [9.17, 15) is 13.6 Å². The van der Waals surface area contributed by atoms with Crippen LogP contribution < -0.4 is 5.73 Å². The second kappa shape index (κ2) is 7.59. The van der Waals surface area contributed by atoms with Gasteiger partial charge in [0.2, 0.25) is 5.91 Å². The van der Waals surface area contributed by atoms with Gasteiger partial charge >= 0.3 is 0 Å². The van der Waals surface area contributed by atoms with Crippen molar-refractivity contribution in [2.24, 2.45) is 5.73 Å². The number of hydrogen-bond acceptors (Lipinski definition) is 4. The van der Waals surface area contributed by atoms with Crippen LogP contribution in [0.3, 0.4) is 0 Å². The number of hydrogen-bond donors (Lipinski definition) is 1. The van der Waals surface area contributed by atoms with Crippen molar-refractivity contribution >= 4 is 23.2 Å². The quantitative estimate of drug-likeness (QED) is 0.523. The van der Waals surface area contributed by atoms with Crippen LogP contribution in [0.25, 0.3) is 28.3 Å². The molecule has 0 saturated carbocycles. The van der Waals surface area contributed by atoms with Crippen LogP contribution in [0.5, 0.6) is 0 Å². The minimum Gasteiger partial charge on any atom is -0.369 e. The molecular formula is C19H15ClF2N6O. The fourth-order valence-electron chi connectivity index (χ4n) is 3.11. The van der Waals surface area contributed by atoms with Crippen LogP contribution in [0.4, 0.5) is 8.78 Å². The molecule has 0 radical (unpaired) electrons. The van der Waals surface area contributed by atoms with Gasteiger partial charge in [-0.1, -0.05) is 11.6 Å². The molecule has 0 spiro atoms. The normalized spacial score (nSPS) is 11.3. The lowest BCUT2D eigenvalue weighted by Gasteiger charge is -2.10. The Morgan fingerprint density at radius 3 is 2.76 bits per heavy atom. The molecule has 0 saturated heterocycles. The van der Waals surface area contributed by atoms with E-state index < -0.39 is 18.4 Å². The van der Waals surface area contributed by atoms with Gasteiger partial charge in [0.05, 0.1) is 47.6 Å². The van der Waals surface area contributed by atoms with E-state index >= 15 is 0 Å². The smallest absolute Gasteiger partial charge is 0.223 e. The summed E-state index contributed by atoms with van der Waals surface area (Å²) in [6.45, 7) is -0.539. The first-order valence-corrected chi connectivity index (χ1v) is 9.04. The Balaban J connectivity index is 1.90. The third-order valence-electron chi connectivity index (χ3n) is 4.39. The number of halogens is 3. The maximum absolute atomic E-state index is 13.6. The average Bonchev–Trinajstić information content (AvgIpc) is 3.28. The number of carbonyl (C=O) groups is 1. The fourth-order valence-corrected chi connectivity index (χ4v) is 3.29. The van der Waals surface area contributed by atoms with E-state index in [0.717, 1.165) is 0 Å². The number of primary amides is 1. The standard InChI is InChI=1S/C19H15ClF2N6O/c20-13-7-11(1-2-14(13)22)18-19(27(6-5-21)10-25-18)15-3-4-17-24-9-12(8-16(23)29)28(17)26-15/h1-4,7,9-10H,5-6,8H2,(H2,23,29). The molecule has 0 bridgehead atoms. The van der Waals surface area contributed by atoms with Crippen molar-refractivity contribution in [2.45, 2.75) is 13.0 Å². The van der Waals surface area contributed by atoms with Crippen molar-refractivity contribution in [3.8, 4) is 22.6 Å². The topological polar surface area (TPSA) is 91.1 Å². The SMILES string of the molecule is NC(=O)Cc1cnc2ccc(-c3c(-c4ccc(F)c(Cl)c4)ncn3CCF)nn12. The van der Waals surface area contributed by atoms with E-state index in [1.54, 1.807) is 22.8 Å². The lowest BCUT2D eigenvalue weighted by Crippen LogP contribution is -2.15. The third-order valence-corrected chi connectivity index (χ3v) is 4.68. The van der Waals surface area contributed by atoms with Gasteiger partial charge in [-0.05, 0) is 30.3 Å². The molecule has 0 atom stereocenters. The monoisotopic (exact) mass is 416 g/mol. The summed E-state index contributed by atoms with van der Waals surface area (Å²) in [6, 6.07) is 7.68. The number of aromatic nitrogens is 5. The highest BCUT2D eigenvalue weighted by Gasteiger charge is 2.19. The number of aryl methyl sites for hydroxylation is 1. The summed E-state index contributed by atoms with van der Waals surface area (Å²) in [6.07, 6.45) is 2.99. The zero-order chi connectivity index (χ0) is 20.5. The van der Waals surface area contributed by atoms with Crippen LogP contribution >= 0.6 is 11.6 Å². The number of fused-ring (bicyclic) bond motifs is 1. The molecule has 4 rings (SSSR count). The second-order valence-corrected chi connectivity index (χ2v) is 6.74. The largest absolute Gasteiger partial charge is 0.369 e. The zero-order valence-electron chi connectivity index (χ0n) is 15.0. The molecule has 29 heavy (non-hydrogen) atoms. The molecule has 0 aliphatic rings. The summed E-state index contributed by atoms with van der Waals surface area (Å²) in [5.41, 5.74) is 8.40. The lowest BCUT2D eigenvalue weighted by molar-refractivity contribution is -0.117. The van der Waals surface area contributed by atoms with Crippen molar-refractivity contribution in [2.75, 3.05) is 6.67 Å². The first-order valence-electron chi connectivity index (χ1n) is 8.66. The minimum atomic E-state index is -0.604. The summed E-state index contributed by atoms with van der Waals surface area (Å²) in [5.74, 6) is -1.06.